The Morgan fingerprint density at radius 2 is 2.04 bits per heavy atom. The van der Waals surface area contributed by atoms with Crippen molar-refractivity contribution in [1.29, 1.82) is 0 Å². The first-order valence-electron chi connectivity index (χ1n) is 8.40. The number of sulfonamides is 1. The first-order valence-corrected chi connectivity index (χ1v) is 9.88. The fourth-order valence-electron chi connectivity index (χ4n) is 3.17. The summed E-state index contributed by atoms with van der Waals surface area (Å²) in [4.78, 5) is 10.2. The molecule has 26 heavy (non-hydrogen) atoms. The maximum Gasteiger partial charge on any atom is 0.270 e. The van der Waals surface area contributed by atoms with Crippen molar-refractivity contribution >= 4 is 15.7 Å². The van der Waals surface area contributed by atoms with Gasteiger partial charge in [0.1, 0.15) is 0 Å². The van der Waals surface area contributed by atoms with Crippen molar-refractivity contribution < 1.29 is 13.3 Å². The van der Waals surface area contributed by atoms with Crippen LogP contribution in [0.2, 0.25) is 0 Å². The van der Waals surface area contributed by atoms with Crippen LogP contribution in [0.25, 0.3) is 0 Å². The Morgan fingerprint density at radius 1 is 1.31 bits per heavy atom. The quantitative estimate of drug-likeness (QED) is 0.597. The lowest BCUT2D eigenvalue weighted by Crippen LogP contribution is -2.27. The van der Waals surface area contributed by atoms with Crippen LogP contribution < -0.4 is 4.72 Å². The molecule has 3 rings (SSSR count). The summed E-state index contributed by atoms with van der Waals surface area (Å²) in [6.07, 6.45) is 5.32. The number of hydrogen-bond donors (Lipinski definition) is 1. The molecule has 140 valence electrons. The summed E-state index contributed by atoms with van der Waals surface area (Å²) in [5.41, 5.74) is 0.151. The SMILES string of the molecule is Cc1ccc([N+](=O)[O-])cc1S(=O)(=O)NCc1nnnn1C1CCCCC1. The molecule has 1 N–H and O–H groups in total. The van der Waals surface area contributed by atoms with Crippen molar-refractivity contribution in [3.05, 3.63) is 39.7 Å². The van der Waals surface area contributed by atoms with Crippen LogP contribution in [0, 0.1) is 17.0 Å². The molecule has 1 aromatic carbocycles. The van der Waals surface area contributed by atoms with Gasteiger partial charge in [-0.05, 0) is 35.8 Å². The van der Waals surface area contributed by atoms with E-state index in [-0.39, 0.29) is 23.2 Å². The summed E-state index contributed by atoms with van der Waals surface area (Å²) in [5.74, 6) is 0.434. The van der Waals surface area contributed by atoms with E-state index < -0.39 is 14.9 Å². The molecule has 0 aliphatic heterocycles. The van der Waals surface area contributed by atoms with Crippen LogP contribution in [-0.4, -0.2) is 33.5 Å². The molecule has 0 unspecified atom stereocenters. The number of rotatable bonds is 6. The molecular formula is C15H20N6O4S. The van der Waals surface area contributed by atoms with E-state index in [4.69, 9.17) is 0 Å². The third-order valence-corrected chi connectivity index (χ3v) is 6.12. The average Bonchev–Trinajstić information content (AvgIpc) is 3.09. The second-order valence-electron chi connectivity index (χ2n) is 6.36. The number of aromatic nitrogens is 4. The molecule has 0 radical (unpaired) electrons. The van der Waals surface area contributed by atoms with Gasteiger partial charge in [0, 0.05) is 12.1 Å². The summed E-state index contributed by atoms with van der Waals surface area (Å²) < 4.78 is 29.3. The van der Waals surface area contributed by atoms with Gasteiger partial charge in [0.05, 0.1) is 22.4 Å². The molecule has 10 nitrogen and oxygen atoms in total. The Labute approximate surface area is 150 Å². The number of nitro groups is 1. The highest BCUT2D eigenvalue weighted by molar-refractivity contribution is 7.89. The van der Waals surface area contributed by atoms with Crippen molar-refractivity contribution in [2.45, 2.75) is 56.5 Å². The zero-order chi connectivity index (χ0) is 18.7. The number of nitrogens with one attached hydrogen (secondary N) is 1. The number of aryl methyl sites for hydroxylation is 1. The Kier molecular flexibility index (Phi) is 5.28. The predicted octanol–water partition coefficient (Wildman–Crippen LogP) is 1.87. The second-order valence-corrected chi connectivity index (χ2v) is 8.10. The first kappa shape index (κ1) is 18.4. The summed E-state index contributed by atoms with van der Waals surface area (Å²) in [6, 6.07) is 3.93. The third-order valence-electron chi connectivity index (χ3n) is 4.57. The Hall–Kier alpha value is -2.40. The predicted molar refractivity (Wildman–Crippen MR) is 91.8 cm³/mol. The van der Waals surface area contributed by atoms with Gasteiger partial charge in [-0.1, -0.05) is 25.3 Å². The Bertz CT molecular complexity index is 905. The fraction of sp³-hybridized carbons (Fsp3) is 0.533. The van der Waals surface area contributed by atoms with Crippen molar-refractivity contribution in [3.8, 4) is 0 Å². The van der Waals surface area contributed by atoms with E-state index in [1.807, 2.05) is 0 Å². The van der Waals surface area contributed by atoms with E-state index in [2.05, 4.69) is 20.2 Å². The molecule has 1 heterocycles. The smallest absolute Gasteiger partial charge is 0.258 e. The van der Waals surface area contributed by atoms with Gasteiger partial charge in [0.2, 0.25) is 10.0 Å². The zero-order valence-corrected chi connectivity index (χ0v) is 15.1. The first-order chi connectivity index (χ1) is 12.4. The van der Waals surface area contributed by atoms with E-state index in [1.165, 1.54) is 18.6 Å². The molecule has 2 aromatic rings. The normalized spacial score (nSPS) is 15.9. The molecular weight excluding hydrogens is 360 g/mol. The lowest BCUT2D eigenvalue weighted by atomic mass is 9.96. The maximum atomic E-state index is 12.6. The van der Waals surface area contributed by atoms with Crippen LogP contribution in [-0.2, 0) is 16.6 Å². The van der Waals surface area contributed by atoms with Crippen LogP contribution in [0.3, 0.4) is 0 Å². The number of tetrazole rings is 1. The third kappa shape index (κ3) is 3.88. The minimum absolute atomic E-state index is 0.0754. The van der Waals surface area contributed by atoms with Crippen molar-refractivity contribution in [3.63, 3.8) is 0 Å². The van der Waals surface area contributed by atoms with E-state index in [0.717, 1.165) is 31.7 Å². The fourth-order valence-corrected chi connectivity index (χ4v) is 4.41. The molecule has 1 saturated carbocycles. The van der Waals surface area contributed by atoms with E-state index in [9.17, 15) is 18.5 Å². The summed E-state index contributed by atoms with van der Waals surface area (Å²) >= 11 is 0. The molecule has 0 saturated heterocycles. The molecule has 1 aromatic heterocycles. The number of non-ortho nitro benzene ring substituents is 1. The van der Waals surface area contributed by atoms with Gasteiger partial charge in [-0.15, -0.1) is 5.10 Å². The lowest BCUT2D eigenvalue weighted by molar-refractivity contribution is -0.385. The van der Waals surface area contributed by atoms with Crippen LogP contribution >= 0.6 is 0 Å². The van der Waals surface area contributed by atoms with Gasteiger partial charge >= 0.3 is 0 Å². The molecule has 11 heteroatoms. The maximum absolute atomic E-state index is 12.6. The second kappa shape index (κ2) is 7.46. The molecule has 0 amide bonds. The number of benzene rings is 1. The minimum atomic E-state index is -3.93. The van der Waals surface area contributed by atoms with Crippen molar-refractivity contribution in [2.75, 3.05) is 0 Å². The van der Waals surface area contributed by atoms with E-state index in [0.29, 0.717) is 11.4 Å². The highest BCUT2D eigenvalue weighted by Gasteiger charge is 2.24. The number of nitro benzene ring substituents is 1. The summed E-state index contributed by atoms with van der Waals surface area (Å²) in [6.45, 7) is 1.51. The van der Waals surface area contributed by atoms with Gasteiger partial charge in [-0.2, -0.15) is 0 Å². The number of hydrogen-bond acceptors (Lipinski definition) is 7. The summed E-state index contributed by atoms with van der Waals surface area (Å²) in [7, 11) is -3.93. The zero-order valence-electron chi connectivity index (χ0n) is 14.3. The minimum Gasteiger partial charge on any atom is -0.258 e. The van der Waals surface area contributed by atoms with Gasteiger partial charge in [-0.25, -0.2) is 17.8 Å². The van der Waals surface area contributed by atoms with Crippen LogP contribution in [0.15, 0.2) is 23.1 Å². The monoisotopic (exact) mass is 380 g/mol. The van der Waals surface area contributed by atoms with Crippen molar-refractivity contribution in [1.82, 2.24) is 24.9 Å². The topological polar surface area (TPSA) is 133 Å². The van der Waals surface area contributed by atoms with E-state index >= 15 is 0 Å². The van der Waals surface area contributed by atoms with Crippen LogP contribution in [0.4, 0.5) is 5.69 Å². The molecule has 1 aliphatic carbocycles. The lowest BCUT2D eigenvalue weighted by Gasteiger charge is -2.22. The Balaban J connectivity index is 1.78. The highest BCUT2D eigenvalue weighted by atomic mass is 32.2. The molecule has 1 aliphatic rings. The van der Waals surface area contributed by atoms with E-state index in [1.54, 1.807) is 11.6 Å². The largest absolute Gasteiger partial charge is 0.270 e. The highest BCUT2D eigenvalue weighted by Crippen LogP contribution is 2.28. The van der Waals surface area contributed by atoms with Gasteiger partial charge < -0.3 is 0 Å². The molecule has 1 fully saturated rings. The number of nitrogens with zero attached hydrogens (tertiary/aromatic N) is 5. The summed E-state index contributed by atoms with van der Waals surface area (Å²) in [5, 5.41) is 22.5. The van der Waals surface area contributed by atoms with Crippen LogP contribution in [0.5, 0.6) is 0 Å². The van der Waals surface area contributed by atoms with Crippen molar-refractivity contribution in [2.24, 2.45) is 0 Å². The molecule has 0 bridgehead atoms. The average molecular weight is 380 g/mol. The molecule has 0 spiro atoms. The Morgan fingerprint density at radius 3 is 2.73 bits per heavy atom. The van der Waals surface area contributed by atoms with Crippen LogP contribution in [0.1, 0.15) is 49.5 Å². The van der Waals surface area contributed by atoms with Gasteiger partial charge in [0.25, 0.3) is 5.69 Å². The standard InChI is InChI=1S/C15H20N6O4S/c1-11-7-8-13(21(22)23)9-14(11)26(24,25)16-10-15-17-18-19-20(15)12-5-3-2-4-6-12/h7-9,12,16H,2-6,10H2,1H3. The van der Waals surface area contributed by atoms with Gasteiger partial charge in [0.15, 0.2) is 5.82 Å². The van der Waals surface area contributed by atoms with Gasteiger partial charge in [-0.3, -0.25) is 10.1 Å². The molecule has 0 atom stereocenters.